The van der Waals surface area contributed by atoms with E-state index in [9.17, 15) is 31.9 Å². The summed E-state index contributed by atoms with van der Waals surface area (Å²) in [6.07, 6.45) is -3.30. The number of anilines is 1. The summed E-state index contributed by atoms with van der Waals surface area (Å²) >= 11 is 0. The molecule has 0 spiro atoms. The molecule has 3 aromatic rings. The number of nitrogens with zero attached hydrogens (tertiary/aromatic N) is 2. The van der Waals surface area contributed by atoms with Crippen LogP contribution in [0.3, 0.4) is 0 Å². The van der Waals surface area contributed by atoms with E-state index in [0.717, 1.165) is 18.9 Å². The number of hydrogen-bond donors (Lipinski definition) is 2. The van der Waals surface area contributed by atoms with Gasteiger partial charge in [0.2, 0.25) is 0 Å². The summed E-state index contributed by atoms with van der Waals surface area (Å²) in [7, 11) is 0. The Morgan fingerprint density at radius 2 is 1.94 bits per heavy atom. The Labute approximate surface area is 184 Å². The lowest BCUT2D eigenvalue weighted by Gasteiger charge is -2.15. The Morgan fingerprint density at radius 1 is 1.24 bits per heavy atom. The van der Waals surface area contributed by atoms with Crippen LogP contribution in [-0.4, -0.2) is 20.4 Å². The van der Waals surface area contributed by atoms with Crippen molar-refractivity contribution in [2.75, 3.05) is 5.32 Å². The number of carbonyl (C=O) groups excluding carboxylic acids is 1. The Bertz CT molecular complexity index is 1370. The van der Waals surface area contributed by atoms with E-state index in [1.807, 2.05) is 13.8 Å². The third-order valence-electron chi connectivity index (χ3n) is 5.29. The second-order valence-electron chi connectivity index (χ2n) is 8.48. The first kappa shape index (κ1) is 22.7. The molecule has 4 rings (SSSR count). The number of H-pyrrole nitrogens is 1. The third-order valence-corrected chi connectivity index (χ3v) is 5.29. The summed E-state index contributed by atoms with van der Waals surface area (Å²) in [5, 5.41) is 2.16. The molecule has 0 saturated heterocycles. The second kappa shape index (κ2) is 8.13. The minimum absolute atomic E-state index is 0.0282. The van der Waals surface area contributed by atoms with Gasteiger partial charge < -0.3 is 5.32 Å². The molecule has 7 nitrogen and oxygen atoms in total. The maximum atomic E-state index is 13.6. The molecule has 33 heavy (non-hydrogen) atoms. The number of halogens is 4. The van der Waals surface area contributed by atoms with Crippen molar-refractivity contribution in [2.45, 2.75) is 45.3 Å². The van der Waals surface area contributed by atoms with E-state index in [1.165, 1.54) is 10.6 Å². The van der Waals surface area contributed by atoms with Crippen LogP contribution < -0.4 is 16.6 Å². The average molecular weight is 464 g/mol. The fourth-order valence-electron chi connectivity index (χ4n) is 3.61. The highest BCUT2D eigenvalue weighted by Crippen LogP contribution is 2.40. The standard InChI is InChI=1S/C22H20F4N4O3/c1-10(2)9-30-18-17(20(32)29-21(30)33)13(8-16(28-18)11-3-4-11)19(31)27-12-5-6-15(23)14(7-12)22(24,25)26/h5-8,10-11H,3-4,9H2,1-2H3,(H,27,31)(H,29,32,33). The molecule has 1 fully saturated rings. The van der Waals surface area contributed by atoms with Crippen molar-refractivity contribution in [1.29, 1.82) is 0 Å². The van der Waals surface area contributed by atoms with Gasteiger partial charge in [-0.3, -0.25) is 19.1 Å². The summed E-state index contributed by atoms with van der Waals surface area (Å²) in [6.45, 7) is 3.98. The monoisotopic (exact) mass is 464 g/mol. The van der Waals surface area contributed by atoms with Crippen LogP contribution in [0.4, 0.5) is 23.2 Å². The number of aromatic nitrogens is 3. The second-order valence-corrected chi connectivity index (χ2v) is 8.48. The summed E-state index contributed by atoms with van der Waals surface area (Å²) in [5.74, 6) is -2.25. The van der Waals surface area contributed by atoms with Gasteiger partial charge in [0.15, 0.2) is 5.65 Å². The summed E-state index contributed by atoms with van der Waals surface area (Å²) < 4.78 is 54.0. The van der Waals surface area contributed by atoms with Crippen LogP contribution in [0.5, 0.6) is 0 Å². The van der Waals surface area contributed by atoms with Gasteiger partial charge >= 0.3 is 11.9 Å². The molecule has 1 amide bonds. The van der Waals surface area contributed by atoms with E-state index in [-0.39, 0.29) is 40.7 Å². The molecule has 2 heterocycles. The maximum absolute atomic E-state index is 13.6. The van der Waals surface area contributed by atoms with Crippen LogP contribution >= 0.6 is 0 Å². The summed E-state index contributed by atoms with van der Waals surface area (Å²) in [6, 6.07) is 3.50. The number of nitrogens with one attached hydrogen (secondary N) is 2. The minimum atomic E-state index is -4.95. The molecule has 0 radical (unpaired) electrons. The molecule has 1 aromatic carbocycles. The smallest absolute Gasteiger partial charge is 0.322 e. The van der Waals surface area contributed by atoms with Crippen molar-refractivity contribution < 1.29 is 22.4 Å². The van der Waals surface area contributed by atoms with E-state index in [2.05, 4.69) is 15.3 Å². The van der Waals surface area contributed by atoms with Gasteiger partial charge in [0.05, 0.1) is 16.5 Å². The van der Waals surface area contributed by atoms with Gasteiger partial charge in [-0.15, -0.1) is 0 Å². The van der Waals surface area contributed by atoms with Gasteiger partial charge in [0, 0.05) is 23.8 Å². The molecule has 1 aliphatic carbocycles. The lowest BCUT2D eigenvalue weighted by molar-refractivity contribution is -0.139. The number of carbonyl (C=O) groups is 1. The van der Waals surface area contributed by atoms with Gasteiger partial charge in [0.25, 0.3) is 11.5 Å². The first-order valence-electron chi connectivity index (χ1n) is 10.3. The fourth-order valence-corrected chi connectivity index (χ4v) is 3.61. The van der Waals surface area contributed by atoms with E-state index in [4.69, 9.17) is 0 Å². The van der Waals surface area contributed by atoms with Crippen molar-refractivity contribution in [2.24, 2.45) is 5.92 Å². The SMILES string of the molecule is CC(C)Cn1c(=O)[nH]c(=O)c2c(C(=O)Nc3ccc(F)c(C(F)(F)F)c3)cc(C3CC3)nc21. The fraction of sp³-hybridized carbons (Fsp3) is 0.364. The van der Waals surface area contributed by atoms with Crippen LogP contribution in [0, 0.1) is 11.7 Å². The number of rotatable bonds is 5. The predicted molar refractivity (Wildman–Crippen MR) is 113 cm³/mol. The van der Waals surface area contributed by atoms with Gasteiger partial charge in [0.1, 0.15) is 5.82 Å². The van der Waals surface area contributed by atoms with Crippen LogP contribution in [0.1, 0.15) is 54.2 Å². The average Bonchev–Trinajstić information content (AvgIpc) is 3.56. The topological polar surface area (TPSA) is 96.9 Å². The largest absolute Gasteiger partial charge is 0.419 e. The highest BCUT2D eigenvalue weighted by atomic mass is 19.4. The number of pyridine rings is 1. The molecule has 0 aliphatic heterocycles. The Balaban J connectivity index is 1.86. The summed E-state index contributed by atoms with van der Waals surface area (Å²) in [5.41, 5.74) is -2.88. The van der Waals surface area contributed by atoms with E-state index >= 15 is 0 Å². The molecule has 0 unspecified atom stereocenters. The normalized spacial score (nSPS) is 14.2. The molecule has 2 aromatic heterocycles. The molecule has 1 saturated carbocycles. The minimum Gasteiger partial charge on any atom is -0.322 e. The Hall–Kier alpha value is -3.50. The quantitative estimate of drug-likeness (QED) is 0.558. The first-order chi connectivity index (χ1) is 15.5. The molecular formula is C22H20F4N4O3. The van der Waals surface area contributed by atoms with Crippen LogP contribution in [-0.2, 0) is 12.7 Å². The number of fused-ring (bicyclic) bond motifs is 1. The van der Waals surface area contributed by atoms with E-state index in [0.29, 0.717) is 17.8 Å². The maximum Gasteiger partial charge on any atom is 0.419 e. The number of benzene rings is 1. The van der Waals surface area contributed by atoms with Crippen molar-refractivity contribution in [1.82, 2.24) is 14.5 Å². The number of amides is 1. The van der Waals surface area contributed by atoms with Gasteiger partial charge in [-0.05, 0) is 43.0 Å². The zero-order valence-electron chi connectivity index (χ0n) is 17.7. The number of hydrogen-bond acceptors (Lipinski definition) is 4. The van der Waals surface area contributed by atoms with Crippen LogP contribution in [0.25, 0.3) is 11.0 Å². The van der Waals surface area contributed by atoms with Gasteiger partial charge in [-0.2, -0.15) is 13.2 Å². The zero-order chi connectivity index (χ0) is 24.1. The lowest BCUT2D eigenvalue weighted by atomic mass is 10.1. The molecule has 11 heteroatoms. The van der Waals surface area contributed by atoms with Crippen LogP contribution in [0.2, 0.25) is 0 Å². The zero-order valence-corrected chi connectivity index (χ0v) is 17.7. The van der Waals surface area contributed by atoms with Crippen molar-refractivity contribution in [3.05, 3.63) is 67.7 Å². The number of aromatic amines is 1. The molecule has 1 aliphatic rings. The molecule has 0 atom stereocenters. The van der Waals surface area contributed by atoms with Gasteiger partial charge in [-0.1, -0.05) is 13.8 Å². The van der Waals surface area contributed by atoms with Gasteiger partial charge in [-0.25, -0.2) is 14.2 Å². The predicted octanol–water partition coefficient (Wildman–Crippen LogP) is 4.03. The Kier molecular flexibility index (Phi) is 5.59. The number of alkyl halides is 3. The third kappa shape index (κ3) is 4.53. The molecule has 0 bridgehead atoms. The first-order valence-corrected chi connectivity index (χ1v) is 10.3. The van der Waals surface area contributed by atoms with E-state index in [1.54, 1.807) is 0 Å². The highest BCUT2D eigenvalue weighted by molar-refractivity contribution is 6.11. The highest BCUT2D eigenvalue weighted by Gasteiger charge is 2.34. The van der Waals surface area contributed by atoms with E-state index < -0.39 is 34.7 Å². The van der Waals surface area contributed by atoms with Crippen molar-refractivity contribution in [3.63, 3.8) is 0 Å². The summed E-state index contributed by atoms with van der Waals surface area (Å²) in [4.78, 5) is 44.9. The molecule has 174 valence electrons. The molecular weight excluding hydrogens is 444 g/mol. The van der Waals surface area contributed by atoms with Crippen molar-refractivity contribution in [3.8, 4) is 0 Å². The van der Waals surface area contributed by atoms with Crippen LogP contribution in [0.15, 0.2) is 33.9 Å². The lowest BCUT2D eigenvalue weighted by Crippen LogP contribution is -2.33. The Morgan fingerprint density at radius 3 is 2.55 bits per heavy atom. The molecule has 2 N–H and O–H groups in total. The van der Waals surface area contributed by atoms with Crippen molar-refractivity contribution >= 4 is 22.6 Å².